The van der Waals surface area contributed by atoms with Gasteiger partial charge in [-0.1, -0.05) is 37.5 Å². The van der Waals surface area contributed by atoms with Gasteiger partial charge in [0.25, 0.3) is 5.91 Å². The second-order valence-electron chi connectivity index (χ2n) is 6.35. The molecule has 1 aliphatic rings. The van der Waals surface area contributed by atoms with Gasteiger partial charge in [-0.25, -0.2) is 4.79 Å². The van der Waals surface area contributed by atoms with Crippen LogP contribution in [0.5, 0.6) is 0 Å². The highest BCUT2D eigenvalue weighted by Crippen LogP contribution is 2.27. The molecule has 0 atom stereocenters. The number of aryl methyl sites for hydroxylation is 1. The van der Waals surface area contributed by atoms with Crippen LogP contribution < -0.4 is 10.9 Å². The summed E-state index contributed by atoms with van der Waals surface area (Å²) in [6.07, 6.45) is 4.40. The zero-order chi connectivity index (χ0) is 16.4. The number of aliphatic hydroxyl groups is 1. The van der Waals surface area contributed by atoms with Crippen LogP contribution in [-0.2, 0) is 0 Å². The average molecular weight is 315 g/mol. The quantitative estimate of drug-likeness (QED) is 0.853. The van der Waals surface area contributed by atoms with Gasteiger partial charge in [0.05, 0.1) is 5.60 Å². The maximum atomic E-state index is 12.4. The fraction of sp³-hybridized carbons (Fsp3) is 0.444. The predicted molar refractivity (Wildman–Crippen MR) is 87.6 cm³/mol. The van der Waals surface area contributed by atoms with Gasteiger partial charge in [-0.3, -0.25) is 4.79 Å². The summed E-state index contributed by atoms with van der Waals surface area (Å²) in [6, 6.07) is 7.14. The molecule has 0 saturated heterocycles. The second kappa shape index (κ2) is 6.16. The highest BCUT2D eigenvalue weighted by Gasteiger charge is 2.30. The Bertz CT molecular complexity index is 787. The number of rotatable bonds is 3. The maximum absolute atomic E-state index is 12.4. The van der Waals surface area contributed by atoms with Crippen LogP contribution in [-0.4, -0.2) is 23.2 Å². The van der Waals surface area contributed by atoms with Crippen LogP contribution in [0.2, 0.25) is 0 Å². The van der Waals surface area contributed by atoms with Gasteiger partial charge in [0.15, 0.2) is 0 Å². The fourth-order valence-electron chi connectivity index (χ4n) is 3.29. The Kier molecular flexibility index (Phi) is 4.22. The lowest BCUT2D eigenvalue weighted by atomic mass is 9.85. The van der Waals surface area contributed by atoms with E-state index in [1.54, 1.807) is 19.1 Å². The van der Waals surface area contributed by atoms with Crippen molar-refractivity contribution in [2.75, 3.05) is 6.54 Å². The number of fused-ring (bicyclic) bond motifs is 1. The van der Waals surface area contributed by atoms with Crippen molar-refractivity contribution in [1.82, 2.24) is 5.32 Å². The second-order valence-corrected chi connectivity index (χ2v) is 6.35. The van der Waals surface area contributed by atoms with Gasteiger partial charge in [-0.15, -0.1) is 0 Å². The van der Waals surface area contributed by atoms with E-state index in [0.29, 0.717) is 24.0 Å². The van der Waals surface area contributed by atoms with Gasteiger partial charge >= 0.3 is 5.63 Å². The normalized spacial score (nSPS) is 17.1. The Labute approximate surface area is 134 Å². The van der Waals surface area contributed by atoms with E-state index in [1.807, 2.05) is 12.1 Å². The average Bonchev–Trinajstić information content (AvgIpc) is 2.54. The lowest BCUT2D eigenvalue weighted by molar-refractivity contribution is 0.00521. The monoisotopic (exact) mass is 315 g/mol. The number of hydrogen-bond acceptors (Lipinski definition) is 4. The molecule has 23 heavy (non-hydrogen) atoms. The first-order valence-corrected chi connectivity index (χ1v) is 8.03. The summed E-state index contributed by atoms with van der Waals surface area (Å²) in [5, 5.41) is 13.9. The highest BCUT2D eigenvalue weighted by atomic mass is 16.4. The molecule has 0 unspecified atom stereocenters. The van der Waals surface area contributed by atoms with E-state index in [4.69, 9.17) is 4.42 Å². The summed E-state index contributed by atoms with van der Waals surface area (Å²) in [4.78, 5) is 24.6. The van der Waals surface area contributed by atoms with Crippen molar-refractivity contribution in [2.24, 2.45) is 0 Å². The van der Waals surface area contributed by atoms with Crippen molar-refractivity contribution >= 4 is 16.9 Å². The van der Waals surface area contributed by atoms with E-state index in [-0.39, 0.29) is 12.1 Å². The van der Waals surface area contributed by atoms with Crippen LogP contribution >= 0.6 is 0 Å². The largest absolute Gasteiger partial charge is 0.422 e. The van der Waals surface area contributed by atoms with E-state index in [1.165, 1.54) is 0 Å². The lowest BCUT2D eigenvalue weighted by Crippen LogP contribution is -2.45. The molecule has 1 aromatic heterocycles. The van der Waals surface area contributed by atoms with Gasteiger partial charge < -0.3 is 14.8 Å². The van der Waals surface area contributed by atoms with Crippen molar-refractivity contribution in [3.8, 4) is 0 Å². The molecule has 2 N–H and O–H groups in total. The van der Waals surface area contributed by atoms with E-state index >= 15 is 0 Å². The van der Waals surface area contributed by atoms with Crippen molar-refractivity contribution in [3.05, 3.63) is 45.8 Å². The van der Waals surface area contributed by atoms with Crippen LogP contribution in [0, 0.1) is 6.92 Å². The molecule has 1 fully saturated rings. The van der Waals surface area contributed by atoms with Gasteiger partial charge in [0.1, 0.15) is 11.1 Å². The standard InChI is InChI=1S/C18H21NO4/c1-12-13-7-3-4-8-14(13)23-17(21)15(12)16(20)19-11-18(22)9-5-2-6-10-18/h3-4,7-8,22H,2,5-6,9-11H2,1H3,(H,19,20). The molecule has 1 aromatic carbocycles. The minimum atomic E-state index is -0.862. The van der Waals surface area contributed by atoms with E-state index in [9.17, 15) is 14.7 Å². The number of nitrogens with one attached hydrogen (secondary N) is 1. The summed E-state index contributed by atoms with van der Waals surface area (Å²) in [5.41, 5.74) is -0.418. The summed E-state index contributed by atoms with van der Waals surface area (Å²) in [7, 11) is 0. The third-order valence-corrected chi connectivity index (χ3v) is 4.66. The molecule has 122 valence electrons. The van der Waals surface area contributed by atoms with E-state index < -0.39 is 17.1 Å². The maximum Gasteiger partial charge on any atom is 0.349 e. The van der Waals surface area contributed by atoms with Crippen molar-refractivity contribution < 1.29 is 14.3 Å². The van der Waals surface area contributed by atoms with Crippen LogP contribution in [0.4, 0.5) is 0 Å². The summed E-state index contributed by atoms with van der Waals surface area (Å²) in [6.45, 7) is 1.90. The number of hydrogen-bond donors (Lipinski definition) is 2. The van der Waals surface area contributed by atoms with Crippen LogP contribution in [0.1, 0.15) is 48.0 Å². The third-order valence-electron chi connectivity index (χ3n) is 4.66. The van der Waals surface area contributed by atoms with Crippen LogP contribution in [0.3, 0.4) is 0 Å². The van der Waals surface area contributed by atoms with Gasteiger partial charge in [-0.2, -0.15) is 0 Å². The number of carbonyl (C=O) groups excluding carboxylic acids is 1. The van der Waals surface area contributed by atoms with Gasteiger partial charge in [0.2, 0.25) is 0 Å². The smallest absolute Gasteiger partial charge is 0.349 e. The molecule has 0 radical (unpaired) electrons. The first-order valence-electron chi connectivity index (χ1n) is 8.03. The molecule has 1 heterocycles. The Morgan fingerprint density at radius 2 is 1.96 bits per heavy atom. The van der Waals surface area contributed by atoms with Crippen molar-refractivity contribution in [2.45, 2.75) is 44.6 Å². The molecule has 1 saturated carbocycles. The lowest BCUT2D eigenvalue weighted by Gasteiger charge is -2.32. The van der Waals surface area contributed by atoms with Crippen molar-refractivity contribution in [3.63, 3.8) is 0 Å². The minimum absolute atomic E-state index is 0.0168. The molecule has 5 nitrogen and oxygen atoms in total. The highest BCUT2D eigenvalue weighted by molar-refractivity contribution is 5.99. The number of amides is 1. The molecular weight excluding hydrogens is 294 g/mol. The Balaban J connectivity index is 1.85. The summed E-state index contributed by atoms with van der Waals surface area (Å²) >= 11 is 0. The molecule has 5 heteroatoms. The van der Waals surface area contributed by atoms with Crippen molar-refractivity contribution in [1.29, 1.82) is 0 Å². The molecule has 0 aliphatic heterocycles. The number of para-hydroxylation sites is 1. The SMILES string of the molecule is Cc1c(C(=O)NCC2(O)CCCCC2)c(=O)oc2ccccc12. The van der Waals surface area contributed by atoms with Crippen LogP contribution in [0.25, 0.3) is 11.0 Å². The zero-order valence-corrected chi connectivity index (χ0v) is 13.2. The molecule has 0 spiro atoms. The van der Waals surface area contributed by atoms with Gasteiger partial charge in [0, 0.05) is 11.9 Å². The Hall–Kier alpha value is -2.14. The zero-order valence-electron chi connectivity index (χ0n) is 13.2. The number of carbonyl (C=O) groups is 1. The van der Waals surface area contributed by atoms with E-state index in [2.05, 4.69) is 5.32 Å². The molecular formula is C18H21NO4. The first kappa shape index (κ1) is 15.7. The topological polar surface area (TPSA) is 79.5 Å². The molecule has 2 aromatic rings. The Morgan fingerprint density at radius 3 is 2.70 bits per heavy atom. The summed E-state index contributed by atoms with van der Waals surface area (Å²) < 4.78 is 5.23. The predicted octanol–water partition coefficient (Wildman–Crippen LogP) is 2.53. The minimum Gasteiger partial charge on any atom is -0.422 e. The molecule has 3 rings (SSSR count). The molecule has 1 aliphatic carbocycles. The third kappa shape index (κ3) is 3.15. The number of benzene rings is 1. The van der Waals surface area contributed by atoms with Crippen LogP contribution in [0.15, 0.2) is 33.5 Å². The first-order chi connectivity index (χ1) is 11.0. The van der Waals surface area contributed by atoms with Gasteiger partial charge in [-0.05, 0) is 31.4 Å². The molecule has 1 amide bonds. The summed E-state index contributed by atoms with van der Waals surface area (Å²) in [5.74, 6) is -0.485. The molecule has 0 bridgehead atoms. The Morgan fingerprint density at radius 1 is 1.26 bits per heavy atom. The fourth-order valence-corrected chi connectivity index (χ4v) is 3.29. The van der Waals surface area contributed by atoms with E-state index in [0.717, 1.165) is 24.6 Å².